The van der Waals surface area contributed by atoms with E-state index < -0.39 is 11.7 Å². The molecule has 1 unspecified atom stereocenters. The van der Waals surface area contributed by atoms with Gasteiger partial charge in [-0.2, -0.15) is 13.2 Å². The number of ketones is 1. The van der Waals surface area contributed by atoms with Crippen LogP contribution in [-0.4, -0.2) is 25.8 Å². The highest BCUT2D eigenvalue weighted by atomic mass is 32.2. The first-order valence-corrected chi connectivity index (χ1v) is 10.7. The Kier molecular flexibility index (Phi) is 6.87. The van der Waals surface area contributed by atoms with Gasteiger partial charge in [0, 0.05) is 11.7 Å². The molecule has 1 saturated carbocycles. The number of rotatable bonds is 7. The summed E-state index contributed by atoms with van der Waals surface area (Å²) >= 11 is 1.38. The Balaban J connectivity index is 1.81. The molecule has 1 aromatic carbocycles. The van der Waals surface area contributed by atoms with Crippen molar-refractivity contribution in [2.24, 2.45) is 0 Å². The van der Waals surface area contributed by atoms with Crippen LogP contribution < -0.4 is 5.32 Å². The van der Waals surface area contributed by atoms with Gasteiger partial charge in [-0.3, -0.25) is 4.79 Å². The maximum absolute atomic E-state index is 12.9. The van der Waals surface area contributed by atoms with Gasteiger partial charge in [-0.05, 0) is 44.9 Å². The smallest absolute Gasteiger partial charge is 0.378 e. The molecule has 0 amide bonds. The SMILES string of the molecule is CC(=O)C(C)Sc1nnc(CNc2cccc(C(F)(F)F)c2)n1C1CCCCC1. The number of anilines is 1. The first kappa shape index (κ1) is 21.7. The molecule has 0 spiro atoms. The van der Waals surface area contributed by atoms with Crippen LogP contribution in [0.5, 0.6) is 0 Å². The number of hydrogen-bond acceptors (Lipinski definition) is 5. The molecule has 1 N–H and O–H groups in total. The van der Waals surface area contributed by atoms with Crippen LogP contribution in [0.3, 0.4) is 0 Å². The topological polar surface area (TPSA) is 59.8 Å². The minimum Gasteiger partial charge on any atom is -0.378 e. The monoisotopic (exact) mass is 426 g/mol. The van der Waals surface area contributed by atoms with Crippen molar-refractivity contribution in [2.45, 2.75) is 75.1 Å². The summed E-state index contributed by atoms with van der Waals surface area (Å²) in [5, 5.41) is 12.1. The number of benzene rings is 1. The second-order valence-electron chi connectivity index (χ2n) is 7.36. The van der Waals surface area contributed by atoms with Crippen LogP contribution >= 0.6 is 11.8 Å². The summed E-state index contributed by atoms with van der Waals surface area (Å²) in [4.78, 5) is 11.7. The van der Waals surface area contributed by atoms with Crippen molar-refractivity contribution < 1.29 is 18.0 Å². The Bertz CT molecular complexity index is 846. The molecule has 1 aliphatic carbocycles. The van der Waals surface area contributed by atoms with Crippen molar-refractivity contribution in [3.8, 4) is 0 Å². The van der Waals surface area contributed by atoms with Crippen LogP contribution in [0.15, 0.2) is 29.4 Å². The molecule has 0 aliphatic heterocycles. The Morgan fingerprint density at radius 2 is 2.00 bits per heavy atom. The third-order valence-electron chi connectivity index (χ3n) is 5.17. The van der Waals surface area contributed by atoms with E-state index in [9.17, 15) is 18.0 Å². The van der Waals surface area contributed by atoms with E-state index in [1.807, 2.05) is 6.92 Å². The van der Waals surface area contributed by atoms with Gasteiger partial charge in [-0.1, -0.05) is 37.1 Å². The molecule has 1 heterocycles. The molecule has 2 aromatic rings. The van der Waals surface area contributed by atoms with Crippen molar-refractivity contribution >= 4 is 23.2 Å². The predicted octanol–water partition coefficient (Wildman–Crippen LogP) is 5.48. The van der Waals surface area contributed by atoms with E-state index in [1.54, 1.807) is 13.0 Å². The molecular weight excluding hydrogens is 401 g/mol. The minimum absolute atomic E-state index is 0.0665. The lowest BCUT2D eigenvalue weighted by atomic mass is 9.95. The van der Waals surface area contributed by atoms with Gasteiger partial charge in [0.25, 0.3) is 0 Å². The summed E-state index contributed by atoms with van der Waals surface area (Å²) in [7, 11) is 0. The highest BCUT2D eigenvalue weighted by Gasteiger charge is 2.30. The van der Waals surface area contributed by atoms with Gasteiger partial charge < -0.3 is 9.88 Å². The van der Waals surface area contributed by atoms with Gasteiger partial charge in [0.15, 0.2) is 11.0 Å². The summed E-state index contributed by atoms with van der Waals surface area (Å²) in [6.45, 7) is 3.66. The molecule has 158 valence electrons. The average Bonchev–Trinajstić information content (AvgIpc) is 3.09. The average molecular weight is 427 g/mol. The number of aromatic nitrogens is 3. The van der Waals surface area contributed by atoms with Gasteiger partial charge in [0.05, 0.1) is 17.4 Å². The number of Topliss-reactive ketones (excluding diaryl/α,β-unsaturated/α-hetero) is 1. The quantitative estimate of drug-likeness (QED) is 0.594. The fraction of sp³-hybridized carbons (Fsp3) is 0.550. The summed E-state index contributed by atoms with van der Waals surface area (Å²) in [6.07, 6.45) is 1.08. The van der Waals surface area contributed by atoms with Crippen LogP contribution in [0.25, 0.3) is 0 Å². The van der Waals surface area contributed by atoms with Gasteiger partial charge in [-0.25, -0.2) is 0 Å². The second-order valence-corrected chi connectivity index (χ2v) is 8.67. The number of nitrogens with zero attached hydrogens (tertiary/aromatic N) is 3. The number of alkyl halides is 3. The molecule has 0 radical (unpaired) electrons. The van der Waals surface area contributed by atoms with E-state index in [4.69, 9.17) is 0 Å². The largest absolute Gasteiger partial charge is 0.416 e. The predicted molar refractivity (Wildman–Crippen MR) is 107 cm³/mol. The van der Waals surface area contributed by atoms with Gasteiger partial charge >= 0.3 is 6.18 Å². The van der Waals surface area contributed by atoms with Crippen molar-refractivity contribution in [1.29, 1.82) is 0 Å². The number of carbonyl (C=O) groups excluding carboxylic acids is 1. The zero-order valence-corrected chi connectivity index (χ0v) is 17.3. The molecular formula is C20H25F3N4OS. The Hall–Kier alpha value is -2.03. The molecule has 1 aromatic heterocycles. The molecule has 1 fully saturated rings. The van der Waals surface area contributed by atoms with Crippen molar-refractivity contribution in [2.75, 3.05) is 5.32 Å². The molecule has 1 aliphatic rings. The van der Waals surface area contributed by atoms with E-state index in [-0.39, 0.29) is 23.6 Å². The summed E-state index contributed by atoms with van der Waals surface area (Å²) in [5.74, 6) is 0.740. The number of thioether (sulfide) groups is 1. The van der Waals surface area contributed by atoms with Crippen molar-refractivity contribution in [3.63, 3.8) is 0 Å². The van der Waals surface area contributed by atoms with Crippen LogP contribution in [0.4, 0.5) is 18.9 Å². The normalized spacial score (nSPS) is 16.6. The van der Waals surface area contributed by atoms with Crippen molar-refractivity contribution in [3.05, 3.63) is 35.7 Å². The third kappa shape index (κ3) is 5.52. The van der Waals surface area contributed by atoms with Crippen LogP contribution in [-0.2, 0) is 17.5 Å². The molecule has 0 bridgehead atoms. The van der Waals surface area contributed by atoms with Gasteiger partial charge in [0.2, 0.25) is 0 Å². The molecule has 1 atom stereocenters. The number of hydrogen-bond donors (Lipinski definition) is 1. The Morgan fingerprint density at radius 1 is 1.28 bits per heavy atom. The lowest BCUT2D eigenvalue weighted by molar-refractivity contribution is -0.137. The van der Waals surface area contributed by atoms with Gasteiger partial charge in [-0.15, -0.1) is 10.2 Å². The first-order chi connectivity index (χ1) is 13.8. The number of halogens is 3. The molecule has 0 saturated heterocycles. The second kappa shape index (κ2) is 9.19. The number of nitrogens with one attached hydrogen (secondary N) is 1. The lowest BCUT2D eigenvalue weighted by Gasteiger charge is -2.26. The highest BCUT2D eigenvalue weighted by molar-refractivity contribution is 8.00. The fourth-order valence-corrected chi connectivity index (χ4v) is 4.38. The van der Waals surface area contributed by atoms with Crippen molar-refractivity contribution in [1.82, 2.24) is 14.8 Å². The third-order valence-corrected chi connectivity index (χ3v) is 6.34. The van der Waals surface area contributed by atoms with E-state index in [0.717, 1.165) is 37.8 Å². The van der Waals surface area contributed by atoms with E-state index in [2.05, 4.69) is 20.1 Å². The minimum atomic E-state index is -4.38. The number of carbonyl (C=O) groups is 1. The van der Waals surface area contributed by atoms with E-state index >= 15 is 0 Å². The first-order valence-electron chi connectivity index (χ1n) is 9.77. The summed E-state index contributed by atoms with van der Waals surface area (Å²) in [5.41, 5.74) is -0.313. The zero-order chi connectivity index (χ0) is 21.0. The highest BCUT2D eigenvalue weighted by Crippen LogP contribution is 2.34. The van der Waals surface area contributed by atoms with Crippen LogP contribution in [0.2, 0.25) is 0 Å². The molecule has 5 nitrogen and oxygen atoms in total. The maximum atomic E-state index is 12.9. The maximum Gasteiger partial charge on any atom is 0.416 e. The van der Waals surface area contributed by atoms with Crippen LogP contribution in [0.1, 0.15) is 63.4 Å². The fourth-order valence-electron chi connectivity index (χ4n) is 3.44. The Labute approximate surface area is 172 Å². The molecule has 3 rings (SSSR count). The van der Waals surface area contributed by atoms with Gasteiger partial charge in [0.1, 0.15) is 5.78 Å². The molecule has 29 heavy (non-hydrogen) atoms. The van der Waals surface area contributed by atoms with Crippen LogP contribution in [0, 0.1) is 0 Å². The standard InChI is InChI=1S/C20H25F3N4OS/c1-13(28)14(2)29-19-26-25-18(27(19)17-9-4-3-5-10-17)12-24-16-8-6-7-15(11-16)20(21,22)23/h6-8,11,14,17,24H,3-5,9-10,12H2,1-2H3. The van der Waals surface area contributed by atoms with E-state index in [0.29, 0.717) is 16.7 Å². The summed E-state index contributed by atoms with van der Waals surface area (Å²) < 4.78 is 40.9. The lowest BCUT2D eigenvalue weighted by Crippen LogP contribution is -2.19. The van der Waals surface area contributed by atoms with E-state index in [1.165, 1.54) is 24.2 Å². The zero-order valence-electron chi connectivity index (χ0n) is 16.5. The molecule has 9 heteroatoms. The summed E-state index contributed by atoms with van der Waals surface area (Å²) in [6, 6.07) is 5.37. The Morgan fingerprint density at radius 3 is 2.66 bits per heavy atom.